The Morgan fingerprint density at radius 2 is 1.95 bits per heavy atom. The monoisotopic (exact) mass is 331 g/mol. The van der Waals surface area contributed by atoms with Crippen molar-refractivity contribution in [3.63, 3.8) is 0 Å². The summed E-state index contributed by atoms with van der Waals surface area (Å²) in [6, 6.07) is 15.7. The Bertz CT molecular complexity index is 681. The van der Waals surface area contributed by atoms with Crippen molar-refractivity contribution in [1.29, 1.82) is 0 Å². The molecule has 1 heterocycles. The van der Waals surface area contributed by atoms with Crippen LogP contribution in [0.5, 0.6) is 0 Å². The van der Waals surface area contributed by atoms with E-state index in [4.69, 9.17) is 0 Å². The quantitative estimate of drug-likeness (QED) is 0.777. The predicted molar refractivity (Wildman–Crippen MR) is 83.0 cm³/mol. The molecular formula is C15H10BrNOS. The lowest BCUT2D eigenvalue weighted by atomic mass is 10.2. The molecule has 0 spiro atoms. The topological polar surface area (TPSA) is 29.1 Å². The smallest absolute Gasteiger partial charge is 0.262 e. The van der Waals surface area contributed by atoms with Crippen LogP contribution in [0.15, 0.2) is 62.8 Å². The van der Waals surface area contributed by atoms with Crippen molar-refractivity contribution in [1.82, 2.24) is 0 Å². The fourth-order valence-electron chi connectivity index (χ4n) is 1.85. The molecule has 0 unspecified atom stereocenters. The summed E-state index contributed by atoms with van der Waals surface area (Å²) in [6.45, 7) is 0. The lowest BCUT2D eigenvalue weighted by Crippen LogP contribution is -2.17. The number of halogens is 1. The molecule has 0 aliphatic carbocycles. The maximum atomic E-state index is 12.0. The lowest BCUT2D eigenvalue weighted by Gasteiger charge is -2.18. The predicted octanol–water partition coefficient (Wildman–Crippen LogP) is 4.53. The largest absolute Gasteiger partial charge is 0.320 e. The molecule has 1 aliphatic rings. The van der Waals surface area contributed by atoms with Gasteiger partial charge in [0.1, 0.15) is 0 Å². The van der Waals surface area contributed by atoms with Gasteiger partial charge in [0.15, 0.2) is 0 Å². The normalized spacial score (nSPS) is 16.1. The Balaban J connectivity index is 1.96. The number of para-hydroxylation sites is 1. The number of anilines is 1. The van der Waals surface area contributed by atoms with Gasteiger partial charge in [-0.2, -0.15) is 0 Å². The second-order valence-electron chi connectivity index (χ2n) is 4.12. The maximum absolute atomic E-state index is 12.0. The standard InChI is InChI=1S/C15H10BrNOS/c16-11-5-3-4-10(8-11)9-14-15(18)17-12-6-1-2-7-13(12)19-14/h1-9H,(H,17,18)/b14-9-. The minimum atomic E-state index is -0.0522. The van der Waals surface area contributed by atoms with E-state index >= 15 is 0 Å². The van der Waals surface area contributed by atoms with E-state index in [-0.39, 0.29) is 5.91 Å². The number of amides is 1. The molecule has 4 heteroatoms. The van der Waals surface area contributed by atoms with Crippen LogP contribution in [0.3, 0.4) is 0 Å². The van der Waals surface area contributed by atoms with Crippen LogP contribution in [0, 0.1) is 0 Å². The van der Waals surface area contributed by atoms with Crippen molar-refractivity contribution in [2.24, 2.45) is 0 Å². The van der Waals surface area contributed by atoms with Crippen LogP contribution in [0.25, 0.3) is 6.08 Å². The van der Waals surface area contributed by atoms with Gasteiger partial charge in [-0.05, 0) is 35.9 Å². The zero-order valence-electron chi connectivity index (χ0n) is 9.89. The summed E-state index contributed by atoms with van der Waals surface area (Å²) in [6.07, 6.45) is 1.90. The van der Waals surface area contributed by atoms with Crippen molar-refractivity contribution in [2.45, 2.75) is 4.90 Å². The molecular weight excluding hydrogens is 322 g/mol. The summed E-state index contributed by atoms with van der Waals surface area (Å²) in [5.74, 6) is -0.0522. The molecule has 19 heavy (non-hydrogen) atoms. The van der Waals surface area contributed by atoms with E-state index < -0.39 is 0 Å². The van der Waals surface area contributed by atoms with E-state index in [1.807, 2.05) is 54.6 Å². The highest BCUT2D eigenvalue weighted by atomic mass is 79.9. The first-order chi connectivity index (χ1) is 9.22. The molecule has 2 aromatic carbocycles. The van der Waals surface area contributed by atoms with Crippen LogP contribution in [0.4, 0.5) is 5.69 Å². The highest BCUT2D eigenvalue weighted by molar-refractivity contribution is 9.10. The van der Waals surface area contributed by atoms with Crippen LogP contribution >= 0.6 is 27.7 Å². The van der Waals surface area contributed by atoms with Gasteiger partial charge in [0.05, 0.1) is 10.6 Å². The fraction of sp³-hybridized carbons (Fsp3) is 0. The average molecular weight is 332 g/mol. The number of carbonyl (C=O) groups is 1. The van der Waals surface area contributed by atoms with Crippen LogP contribution in [-0.2, 0) is 4.79 Å². The van der Waals surface area contributed by atoms with E-state index in [2.05, 4.69) is 21.2 Å². The van der Waals surface area contributed by atoms with Crippen molar-refractivity contribution < 1.29 is 4.79 Å². The molecule has 1 N–H and O–H groups in total. The minimum Gasteiger partial charge on any atom is -0.320 e. The number of fused-ring (bicyclic) bond motifs is 1. The second kappa shape index (κ2) is 5.23. The second-order valence-corrected chi connectivity index (χ2v) is 6.12. The van der Waals surface area contributed by atoms with Crippen molar-refractivity contribution in [3.05, 3.63) is 63.5 Å². The molecule has 0 atom stereocenters. The van der Waals surface area contributed by atoms with Gasteiger partial charge in [0.2, 0.25) is 0 Å². The molecule has 0 aromatic heterocycles. The number of rotatable bonds is 1. The number of thioether (sulfide) groups is 1. The SMILES string of the molecule is O=C1Nc2ccccc2S/C1=C\c1cccc(Br)c1. The molecule has 3 rings (SSSR count). The van der Waals surface area contributed by atoms with Gasteiger partial charge >= 0.3 is 0 Å². The summed E-state index contributed by atoms with van der Waals surface area (Å²) < 4.78 is 1.00. The molecule has 0 bridgehead atoms. The van der Waals surface area contributed by atoms with E-state index in [0.29, 0.717) is 4.91 Å². The van der Waals surface area contributed by atoms with Gasteiger partial charge < -0.3 is 5.32 Å². The first-order valence-electron chi connectivity index (χ1n) is 5.78. The first kappa shape index (κ1) is 12.5. The summed E-state index contributed by atoms with van der Waals surface area (Å²) in [4.78, 5) is 13.8. The number of hydrogen-bond acceptors (Lipinski definition) is 2. The lowest BCUT2D eigenvalue weighted by molar-refractivity contribution is -0.112. The molecule has 94 valence electrons. The first-order valence-corrected chi connectivity index (χ1v) is 7.39. The maximum Gasteiger partial charge on any atom is 0.262 e. The zero-order valence-corrected chi connectivity index (χ0v) is 12.3. The summed E-state index contributed by atoms with van der Waals surface area (Å²) in [5, 5.41) is 2.91. The third kappa shape index (κ3) is 2.74. The van der Waals surface area contributed by atoms with E-state index in [0.717, 1.165) is 20.6 Å². The number of benzene rings is 2. The number of nitrogens with one attached hydrogen (secondary N) is 1. The molecule has 2 aromatic rings. The number of carbonyl (C=O) groups excluding carboxylic acids is 1. The van der Waals surface area contributed by atoms with Gasteiger partial charge in [0, 0.05) is 9.37 Å². The third-order valence-electron chi connectivity index (χ3n) is 2.73. The highest BCUT2D eigenvalue weighted by Crippen LogP contribution is 2.38. The third-order valence-corrected chi connectivity index (χ3v) is 4.32. The Morgan fingerprint density at radius 1 is 1.11 bits per heavy atom. The Hall–Kier alpha value is -1.52. The average Bonchev–Trinajstić information content (AvgIpc) is 2.40. The van der Waals surface area contributed by atoms with Crippen LogP contribution < -0.4 is 5.32 Å². The van der Waals surface area contributed by atoms with Crippen LogP contribution in [-0.4, -0.2) is 5.91 Å². The molecule has 0 radical (unpaired) electrons. The van der Waals surface area contributed by atoms with E-state index in [1.54, 1.807) is 0 Å². The molecule has 1 aliphatic heterocycles. The van der Waals surface area contributed by atoms with Gasteiger partial charge in [-0.3, -0.25) is 4.79 Å². The summed E-state index contributed by atoms with van der Waals surface area (Å²) in [7, 11) is 0. The highest BCUT2D eigenvalue weighted by Gasteiger charge is 2.20. The van der Waals surface area contributed by atoms with Crippen LogP contribution in [0.1, 0.15) is 5.56 Å². The van der Waals surface area contributed by atoms with Gasteiger partial charge in [-0.15, -0.1) is 0 Å². The molecule has 0 saturated heterocycles. The molecule has 2 nitrogen and oxygen atoms in total. The Morgan fingerprint density at radius 3 is 2.79 bits per heavy atom. The molecule has 0 fully saturated rings. The summed E-state index contributed by atoms with van der Waals surface area (Å²) >= 11 is 4.93. The number of hydrogen-bond donors (Lipinski definition) is 1. The molecule has 1 amide bonds. The van der Waals surface area contributed by atoms with E-state index in [1.165, 1.54) is 11.8 Å². The van der Waals surface area contributed by atoms with E-state index in [9.17, 15) is 4.79 Å². The van der Waals surface area contributed by atoms with Crippen LogP contribution in [0.2, 0.25) is 0 Å². The Kier molecular flexibility index (Phi) is 3.44. The van der Waals surface area contributed by atoms with Crippen molar-refractivity contribution in [3.8, 4) is 0 Å². The van der Waals surface area contributed by atoms with Gasteiger partial charge in [0.25, 0.3) is 5.91 Å². The van der Waals surface area contributed by atoms with Crippen molar-refractivity contribution in [2.75, 3.05) is 5.32 Å². The Labute approximate surface area is 124 Å². The fourth-order valence-corrected chi connectivity index (χ4v) is 3.22. The molecule has 0 saturated carbocycles. The zero-order chi connectivity index (χ0) is 13.2. The van der Waals surface area contributed by atoms with Gasteiger partial charge in [-0.1, -0.05) is 52.0 Å². The van der Waals surface area contributed by atoms with Gasteiger partial charge in [-0.25, -0.2) is 0 Å². The summed E-state index contributed by atoms with van der Waals surface area (Å²) in [5.41, 5.74) is 1.88. The minimum absolute atomic E-state index is 0.0522. The van der Waals surface area contributed by atoms with Crippen molar-refractivity contribution >= 4 is 45.4 Å².